The zero-order chi connectivity index (χ0) is 15.6. The summed E-state index contributed by atoms with van der Waals surface area (Å²) in [6.07, 6.45) is 6.13. The largest absolute Gasteiger partial charge is 0.294 e. The molecule has 2 bridgehead atoms. The maximum Gasteiger partial charge on any atom is 0.166 e. The van der Waals surface area contributed by atoms with Crippen molar-refractivity contribution in [2.75, 3.05) is 0 Å². The Bertz CT molecular complexity index is 665. The second kappa shape index (κ2) is 6.52. The van der Waals surface area contributed by atoms with Gasteiger partial charge in [0.1, 0.15) is 0 Å². The Morgan fingerprint density at radius 1 is 0.826 bits per heavy atom. The van der Waals surface area contributed by atoms with Crippen molar-refractivity contribution in [1.29, 1.82) is 0 Å². The molecule has 0 radical (unpaired) electrons. The van der Waals surface area contributed by atoms with Gasteiger partial charge in [0.2, 0.25) is 0 Å². The van der Waals surface area contributed by atoms with Crippen LogP contribution in [0.15, 0.2) is 54.6 Å². The molecule has 118 valence electrons. The van der Waals surface area contributed by atoms with Crippen molar-refractivity contribution in [1.82, 2.24) is 0 Å². The fraction of sp³-hybridized carbons (Fsp3) is 0.381. The summed E-state index contributed by atoms with van der Waals surface area (Å²) in [5.74, 6) is 0.607. The van der Waals surface area contributed by atoms with Crippen molar-refractivity contribution in [3.05, 3.63) is 60.2 Å². The van der Waals surface area contributed by atoms with Crippen LogP contribution < -0.4 is 0 Å². The maximum atomic E-state index is 12.9. The molecule has 2 aromatic rings. The fourth-order valence-corrected chi connectivity index (χ4v) is 5.80. The molecule has 23 heavy (non-hydrogen) atoms. The molecule has 2 atom stereocenters. The van der Waals surface area contributed by atoms with Crippen LogP contribution in [0.2, 0.25) is 0 Å². The maximum absolute atomic E-state index is 12.9. The van der Waals surface area contributed by atoms with Crippen LogP contribution in [-0.2, 0) is 0 Å². The molecule has 4 rings (SSSR count). The van der Waals surface area contributed by atoms with Gasteiger partial charge in [0.25, 0.3) is 0 Å². The molecule has 0 amide bonds. The molecule has 0 N–H and O–H groups in total. The van der Waals surface area contributed by atoms with E-state index in [9.17, 15) is 4.79 Å². The number of carbonyl (C=O) groups excluding carboxylic acids is 1. The van der Waals surface area contributed by atoms with Crippen LogP contribution in [0.25, 0.3) is 11.1 Å². The van der Waals surface area contributed by atoms with Crippen molar-refractivity contribution in [2.24, 2.45) is 5.92 Å². The first-order valence-corrected chi connectivity index (χ1v) is 9.59. The number of ketones is 1. The van der Waals surface area contributed by atoms with Crippen LogP contribution in [0.4, 0.5) is 0 Å². The Labute approximate surface area is 142 Å². The van der Waals surface area contributed by atoms with E-state index in [4.69, 9.17) is 0 Å². The average molecular weight is 322 g/mol. The van der Waals surface area contributed by atoms with Gasteiger partial charge in [0.15, 0.2) is 5.78 Å². The van der Waals surface area contributed by atoms with Gasteiger partial charge in [-0.05, 0) is 36.8 Å². The molecule has 2 unspecified atom stereocenters. The van der Waals surface area contributed by atoms with Crippen molar-refractivity contribution < 1.29 is 4.79 Å². The Morgan fingerprint density at radius 2 is 1.43 bits per heavy atom. The molecule has 2 aliphatic heterocycles. The van der Waals surface area contributed by atoms with E-state index in [2.05, 4.69) is 36.0 Å². The quantitative estimate of drug-likeness (QED) is 0.684. The molecule has 0 aromatic heterocycles. The van der Waals surface area contributed by atoms with Gasteiger partial charge in [0.05, 0.1) is 0 Å². The zero-order valence-electron chi connectivity index (χ0n) is 13.3. The summed E-state index contributed by atoms with van der Waals surface area (Å²) in [7, 11) is 0. The standard InChI is InChI=1S/C21H22OS/c22-21(18-13-19-7-4-8-20(14-18)23-19)17-11-9-16(10-12-17)15-5-2-1-3-6-15/h1-3,5-6,9-12,18-20H,4,7-8,13-14H2. The highest BCUT2D eigenvalue weighted by atomic mass is 32.2. The normalized spacial score (nSPS) is 26.7. The minimum Gasteiger partial charge on any atom is -0.294 e. The number of hydrogen-bond donors (Lipinski definition) is 0. The highest BCUT2D eigenvalue weighted by molar-refractivity contribution is 8.00. The highest BCUT2D eigenvalue weighted by Crippen LogP contribution is 2.44. The molecule has 2 aromatic carbocycles. The van der Waals surface area contributed by atoms with E-state index in [0.717, 1.165) is 28.9 Å². The van der Waals surface area contributed by atoms with Crippen LogP contribution >= 0.6 is 11.8 Å². The molecule has 2 saturated heterocycles. The minimum atomic E-state index is 0.245. The van der Waals surface area contributed by atoms with Crippen LogP contribution in [0.5, 0.6) is 0 Å². The number of hydrogen-bond acceptors (Lipinski definition) is 2. The first-order valence-electron chi connectivity index (χ1n) is 8.65. The number of thioether (sulfide) groups is 1. The van der Waals surface area contributed by atoms with Crippen molar-refractivity contribution >= 4 is 17.5 Å². The van der Waals surface area contributed by atoms with Gasteiger partial charge in [-0.2, -0.15) is 11.8 Å². The summed E-state index contributed by atoms with van der Waals surface area (Å²) in [6, 6.07) is 18.5. The Balaban J connectivity index is 1.50. The number of carbonyl (C=O) groups is 1. The second-order valence-corrected chi connectivity index (χ2v) is 8.39. The predicted octanol–water partition coefficient (Wildman–Crippen LogP) is 5.60. The van der Waals surface area contributed by atoms with E-state index in [1.165, 1.54) is 30.4 Å². The number of rotatable bonds is 3. The van der Waals surface area contributed by atoms with Crippen molar-refractivity contribution in [3.63, 3.8) is 0 Å². The van der Waals surface area contributed by atoms with E-state index in [0.29, 0.717) is 5.78 Å². The monoisotopic (exact) mass is 322 g/mol. The Kier molecular flexibility index (Phi) is 4.26. The molecule has 0 aliphatic carbocycles. The lowest BCUT2D eigenvalue weighted by Crippen LogP contribution is -2.32. The van der Waals surface area contributed by atoms with E-state index in [1.807, 2.05) is 30.3 Å². The third kappa shape index (κ3) is 3.23. The fourth-order valence-electron chi connectivity index (χ4n) is 3.97. The van der Waals surface area contributed by atoms with Gasteiger partial charge in [-0.3, -0.25) is 4.79 Å². The van der Waals surface area contributed by atoms with Gasteiger partial charge in [-0.1, -0.05) is 61.0 Å². The van der Waals surface area contributed by atoms with Gasteiger partial charge in [0, 0.05) is 22.0 Å². The summed E-state index contributed by atoms with van der Waals surface area (Å²) in [5.41, 5.74) is 3.27. The van der Waals surface area contributed by atoms with Crippen molar-refractivity contribution in [3.8, 4) is 11.1 Å². The predicted molar refractivity (Wildman–Crippen MR) is 98.0 cm³/mol. The Hall–Kier alpha value is -1.54. The third-order valence-electron chi connectivity index (χ3n) is 5.18. The first kappa shape index (κ1) is 15.0. The van der Waals surface area contributed by atoms with Gasteiger partial charge >= 0.3 is 0 Å². The van der Waals surface area contributed by atoms with E-state index >= 15 is 0 Å². The van der Waals surface area contributed by atoms with Crippen LogP contribution in [0.1, 0.15) is 42.5 Å². The van der Waals surface area contributed by atoms with Gasteiger partial charge < -0.3 is 0 Å². The minimum absolute atomic E-state index is 0.245. The molecule has 2 heteroatoms. The molecular formula is C21H22OS. The smallest absolute Gasteiger partial charge is 0.166 e. The Morgan fingerprint density at radius 3 is 2.09 bits per heavy atom. The number of benzene rings is 2. The van der Waals surface area contributed by atoms with Crippen LogP contribution in [0.3, 0.4) is 0 Å². The summed E-state index contributed by atoms with van der Waals surface area (Å²) in [4.78, 5) is 12.9. The molecule has 2 heterocycles. The summed E-state index contributed by atoms with van der Waals surface area (Å²) in [6.45, 7) is 0. The van der Waals surface area contributed by atoms with E-state index < -0.39 is 0 Å². The molecule has 0 spiro atoms. The molecule has 2 aliphatic rings. The zero-order valence-corrected chi connectivity index (χ0v) is 14.1. The molecular weight excluding hydrogens is 300 g/mol. The highest BCUT2D eigenvalue weighted by Gasteiger charge is 2.35. The lowest BCUT2D eigenvalue weighted by atomic mass is 9.84. The van der Waals surface area contributed by atoms with E-state index in [-0.39, 0.29) is 5.92 Å². The van der Waals surface area contributed by atoms with Crippen molar-refractivity contribution in [2.45, 2.75) is 42.6 Å². The topological polar surface area (TPSA) is 17.1 Å². The number of fused-ring (bicyclic) bond motifs is 2. The van der Waals surface area contributed by atoms with Crippen LogP contribution in [0, 0.1) is 5.92 Å². The molecule has 0 saturated carbocycles. The SMILES string of the molecule is O=C(c1ccc(-c2ccccc2)cc1)C1CC2CCCC(C1)S2. The average Bonchev–Trinajstić information content (AvgIpc) is 2.62. The molecule has 1 nitrogen and oxygen atoms in total. The molecule has 2 fully saturated rings. The van der Waals surface area contributed by atoms with Crippen LogP contribution in [-0.4, -0.2) is 16.3 Å². The lowest BCUT2D eigenvalue weighted by molar-refractivity contribution is 0.0896. The lowest BCUT2D eigenvalue weighted by Gasteiger charge is -2.37. The first-order chi connectivity index (χ1) is 11.3. The number of Topliss-reactive ketones (excluding diaryl/α,β-unsaturated/α-hetero) is 1. The summed E-state index contributed by atoms with van der Waals surface area (Å²) >= 11 is 2.14. The summed E-state index contributed by atoms with van der Waals surface area (Å²) in [5, 5.41) is 1.44. The second-order valence-electron chi connectivity index (χ2n) is 6.79. The van der Waals surface area contributed by atoms with E-state index in [1.54, 1.807) is 0 Å². The third-order valence-corrected chi connectivity index (χ3v) is 6.81. The summed E-state index contributed by atoms with van der Waals surface area (Å²) < 4.78 is 0. The van der Waals surface area contributed by atoms with Gasteiger partial charge in [-0.25, -0.2) is 0 Å². The van der Waals surface area contributed by atoms with Gasteiger partial charge in [-0.15, -0.1) is 0 Å².